The van der Waals surface area contributed by atoms with E-state index in [9.17, 15) is 5.11 Å². The van der Waals surface area contributed by atoms with Crippen LogP contribution in [0.5, 0.6) is 0 Å². The summed E-state index contributed by atoms with van der Waals surface area (Å²) in [6.45, 7) is -0.0730. The Kier molecular flexibility index (Phi) is 2.92. The van der Waals surface area contributed by atoms with Crippen LogP contribution in [0.15, 0.2) is 24.3 Å². The van der Waals surface area contributed by atoms with Gasteiger partial charge in [0.15, 0.2) is 5.79 Å². The van der Waals surface area contributed by atoms with E-state index in [0.29, 0.717) is 6.42 Å². The molecule has 2 bridgehead atoms. The van der Waals surface area contributed by atoms with Gasteiger partial charge in [0.25, 0.3) is 0 Å². The smallest absolute Gasteiger partial charge is 0.183 e. The normalized spacial score (nSPS) is 40.0. The lowest BCUT2D eigenvalue weighted by Gasteiger charge is -2.34. The van der Waals surface area contributed by atoms with E-state index in [1.54, 1.807) is 26.4 Å². The topological polar surface area (TPSA) is 58.9 Å². The largest absolute Gasteiger partial charge is 0.392 e. The van der Waals surface area contributed by atoms with Crippen molar-refractivity contribution in [3.05, 3.63) is 24.3 Å². The third kappa shape index (κ3) is 1.38. The maximum absolute atomic E-state index is 10.5. The molecule has 0 aromatic heterocycles. The van der Waals surface area contributed by atoms with Gasteiger partial charge >= 0.3 is 0 Å². The molecular weight excluding hydrogens is 208 g/mol. The Morgan fingerprint density at radius 3 is 2.56 bits per heavy atom. The summed E-state index contributed by atoms with van der Waals surface area (Å²) >= 11 is 0. The van der Waals surface area contributed by atoms with Gasteiger partial charge in [0.05, 0.1) is 18.1 Å². The monoisotopic (exact) mass is 226 g/mol. The van der Waals surface area contributed by atoms with Gasteiger partial charge in [-0.05, 0) is 6.42 Å². The Morgan fingerprint density at radius 1 is 1.38 bits per heavy atom. The fraction of sp³-hybridized carbons (Fsp3) is 0.667. The first-order valence-corrected chi connectivity index (χ1v) is 5.42. The van der Waals surface area contributed by atoms with Crippen molar-refractivity contribution in [3.63, 3.8) is 0 Å². The highest BCUT2D eigenvalue weighted by atomic mass is 16.7. The molecule has 1 saturated carbocycles. The molecule has 0 spiro atoms. The minimum atomic E-state index is -0.978. The lowest BCUT2D eigenvalue weighted by atomic mass is 9.87. The Balaban J connectivity index is 2.30. The second-order valence-electron chi connectivity index (χ2n) is 4.38. The van der Waals surface area contributed by atoms with Gasteiger partial charge in [-0.3, -0.25) is 0 Å². The Labute approximate surface area is 95.2 Å². The van der Waals surface area contributed by atoms with Crippen molar-refractivity contribution in [2.75, 3.05) is 20.8 Å². The van der Waals surface area contributed by atoms with Crippen molar-refractivity contribution >= 4 is 0 Å². The molecule has 90 valence electrons. The second-order valence-corrected chi connectivity index (χ2v) is 4.38. The summed E-state index contributed by atoms with van der Waals surface area (Å²) in [5.74, 6) is -0.919. The maximum atomic E-state index is 10.5. The summed E-state index contributed by atoms with van der Waals surface area (Å²) in [6.07, 6.45) is 7.73. The number of aliphatic hydroxyl groups is 2. The third-order valence-corrected chi connectivity index (χ3v) is 3.72. The van der Waals surface area contributed by atoms with Crippen LogP contribution in [0.25, 0.3) is 0 Å². The predicted molar refractivity (Wildman–Crippen MR) is 58.7 cm³/mol. The number of fused-ring (bicyclic) bond motifs is 2. The minimum Gasteiger partial charge on any atom is -0.392 e. The van der Waals surface area contributed by atoms with Gasteiger partial charge in [-0.15, -0.1) is 0 Å². The number of hydrogen-bond donors (Lipinski definition) is 2. The van der Waals surface area contributed by atoms with Crippen molar-refractivity contribution in [2.45, 2.75) is 17.8 Å². The van der Waals surface area contributed by atoms with Gasteiger partial charge in [0, 0.05) is 20.1 Å². The molecule has 0 amide bonds. The highest BCUT2D eigenvalue weighted by Gasteiger charge is 2.63. The van der Waals surface area contributed by atoms with E-state index >= 15 is 0 Å². The van der Waals surface area contributed by atoms with E-state index in [1.165, 1.54) is 0 Å². The van der Waals surface area contributed by atoms with Gasteiger partial charge in [-0.2, -0.15) is 0 Å². The molecule has 4 nitrogen and oxygen atoms in total. The molecule has 3 unspecified atom stereocenters. The average molecular weight is 226 g/mol. The number of rotatable bonds is 4. The summed E-state index contributed by atoms with van der Waals surface area (Å²) in [5, 5.41) is 19.3. The van der Waals surface area contributed by atoms with Gasteiger partial charge in [0.2, 0.25) is 0 Å². The molecule has 2 aliphatic rings. The van der Waals surface area contributed by atoms with E-state index in [4.69, 9.17) is 14.6 Å². The summed E-state index contributed by atoms with van der Waals surface area (Å²) < 4.78 is 10.9. The van der Waals surface area contributed by atoms with Crippen molar-refractivity contribution < 1.29 is 19.7 Å². The first-order chi connectivity index (χ1) is 7.63. The highest BCUT2D eigenvalue weighted by molar-refractivity contribution is 5.29. The summed E-state index contributed by atoms with van der Waals surface area (Å²) in [6, 6.07) is 0. The minimum absolute atomic E-state index is 0.0563. The summed E-state index contributed by atoms with van der Waals surface area (Å²) in [5.41, 5.74) is -0.978. The SMILES string of the molecule is COC1(OC)C2C=CC1C(O)(/C=C/CO)C2. The van der Waals surface area contributed by atoms with Crippen LogP contribution in [0.1, 0.15) is 6.42 Å². The molecule has 2 aliphatic carbocycles. The molecule has 2 rings (SSSR count). The molecule has 0 heterocycles. The van der Waals surface area contributed by atoms with E-state index in [2.05, 4.69) is 0 Å². The number of methoxy groups -OCH3 is 2. The standard InChI is InChI=1S/C12H18O4/c1-15-12(16-2)9-4-5-10(12)11(14,8-9)6-3-7-13/h3-6,9-10,13-14H,7-8H2,1-2H3/b6-3+. The van der Waals surface area contributed by atoms with Gasteiger partial charge in [-0.1, -0.05) is 24.3 Å². The molecule has 1 fully saturated rings. The predicted octanol–water partition coefficient (Wildman–Crippen LogP) is 0.461. The fourth-order valence-electron chi connectivity index (χ4n) is 3.02. The van der Waals surface area contributed by atoms with Crippen molar-refractivity contribution in [2.24, 2.45) is 11.8 Å². The van der Waals surface area contributed by atoms with Crippen molar-refractivity contribution in [1.29, 1.82) is 0 Å². The zero-order valence-corrected chi connectivity index (χ0v) is 9.59. The van der Waals surface area contributed by atoms with E-state index in [1.807, 2.05) is 12.2 Å². The summed E-state index contributed by atoms with van der Waals surface area (Å²) in [7, 11) is 3.19. The number of hydrogen-bond acceptors (Lipinski definition) is 4. The highest BCUT2D eigenvalue weighted by Crippen LogP contribution is 2.55. The van der Waals surface area contributed by atoms with Crippen LogP contribution in [0, 0.1) is 11.8 Å². The molecular formula is C12H18O4. The first kappa shape index (κ1) is 11.8. The molecule has 4 heteroatoms. The van der Waals surface area contributed by atoms with Crippen LogP contribution in [0.2, 0.25) is 0 Å². The number of aliphatic hydroxyl groups excluding tert-OH is 1. The third-order valence-electron chi connectivity index (χ3n) is 3.72. The zero-order valence-electron chi connectivity index (χ0n) is 9.59. The molecule has 0 aromatic rings. The van der Waals surface area contributed by atoms with Gasteiger partial charge < -0.3 is 19.7 Å². The van der Waals surface area contributed by atoms with Gasteiger partial charge in [-0.25, -0.2) is 0 Å². The summed E-state index contributed by atoms with van der Waals surface area (Å²) in [4.78, 5) is 0. The quantitative estimate of drug-likeness (QED) is 0.540. The van der Waals surface area contributed by atoms with Crippen molar-refractivity contribution in [1.82, 2.24) is 0 Å². The van der Waals surface area contributed by atoms with E-state index < -0.39 is 11.4 Å². The van der Waals surface area contributed by atoms with Crippen LogP contribution in [-0.2, 0) is 9.47 Å². The Bertz CT molecular complexity index is 319. The van der Waals surface area contributed by atoms with E-state index in [0.717, 1.165) is 0 Å². The molecule has 16 heavy (non-hydrogen) atoms. The van der Waals surface area contributed by atoms with E-state index in [-0.39, 0.29) is 18.4 Å². The van der Waals surface area contributed by atoms with Crippen LogP contribution >= 0.6 is 0 Å². The zero-order chi connectivity index (χ0) is 11.8. The number of ether oxygens (including phenoxy) is 2. The lowest BCUT2D eigenvalue weighted by Crippen LogP contribution is -2.44. The Morgan fingerprint density at radius 2 is 2.06 bits per heavy atom. The molecule has 3 atom stereocenters. The fourth-order valence-corrected chi connectivity index (χ4v) is 3.02. The Hall–Kier alpha value is -0.680. The van der Waals surface area contributed by atoms with Crippen LogP contribution in [0.3, 0.4) is 0 Å². The average Bonchev–Trinajstić information content (AvgIpc) is 2.76. The molecule has 0 saturated heterocycles. The maximum Gasteiger partial charge on any atom is 0.183 e. The molecule has 0 aliphatic heterocycles. The van der Waals surface area contributed by atoms with Crippen molar-refractivity contribution in [3.8, 4) is 0 Å². The molecule has 0 radical (unpaired) electrons. The van der Waals surface area contributed by atoms with Crippen LogP contribution in [-0.4, -0.2) is 42.4 Å². The molecule has 0 aromatic carbocycles. The molecule has 2 N–H and O–H groups in total. The van der Waals surface area contributed by atoms with Crippen LogP contribution < -0.4 is 0 Å². The van der Waals surface area contributed by atoms with Gasteiger partial charge in [0.1, 0.15) is 0 Å². The second kappa shape index (κ2) is 3.96. The lowest BCUT2D eigenvalue weighted by molar-refractivity contribution is -0.237. The van der Waals surface area contributed by atoms with Crippen LogP contribution in [0.4, 0.5) is 0 Å². The first-order valence-electron chi connectivity index (χ1n) is 5.42.